The van der Waals surface area contributed by atoms with Crippen molar-refractivity contribution >= 4 is 24.2 Å². The first-order chi connectivity index (χ1) is 15.1. The Labute approximate surface area is 187 Å². The number of amides is 1. The first kappa shape index (κ1) is 22.6. The standard InChI is InChI=1S/C23H27N5O2S/c1-16(22(29)27-13-17-6-5-11-25-12-17)30-23-21(26-14-19(24)15-31)10-9-20(28-23)18-7-3-2-4-8-18/h2-12,16,19,26,31H,13-15,24H2,1H3,(H,27,29)/t16-,19?/m1/s1. The first-order valence-electron chi connectivity index (χ1n) is 10.1. The molecule has 0 bridgehead atoms. The largest absolute Gasteiger partial charge is 0.463 e. The van der Waals surface area contributed by atoms with Gasteiger partial charge in [0.05, 0.1) is 11.4 Å². The van der Waals surface area contributed by atoms with E-state index in [9.17, 15) is 4.79 Å². The highest BCUT2D eigenvalue weighted by atomic mass is 32.1. The van der Waals surface area contributed by atoms with Crippen molar-refractivity contribution < 1.29 is 9.53 Å². The second-order valence-corrected chi connectivity index (χ2v) is 7.44. The summed E-state index contributed by atoms with van der Waals surface area (Å²) in [7, 11) is 0. The fourth-order valence-electron chi connectivity index (χ4n) is 2.80. The molecule has 31 heavy (non-hydrogen) atoms. The maximum atomic E-state index is 12.6. The Kier molecular flexibility index (Phi) is 8.26. The minimum absolute atomic E-state index is 0.120. The van der Waals surface area contributed by atoms with Crippen molar-refractivity contribution in [2.45, 2.75) is 25.6 Å². The van der Waals surface area contributed by atoms with Crippen molar-refractivity contribution in [2.24, 2.45) is 5.73 Å². The molecule has 0 radical (unpaired) electrons. The maximum Gasteiger partial charge on any atom is 0.261 e. The highest BCUT2D eigenvalue weighted by molar-refractivity contribution is 7.80. The van der Waals surface area contributed by atoms with Crippen LogP contribution in [-0.4, -0.2) is 40.3 Å². The van der Waals surface area contributed by atoms with Crippen LogP contribution >= 0.6 is 12.6 Å². The number of nitrogens with one attached hydrogen (secondary N) is 2. The van der Waals surface area contributed by atoms with Gasteiger partial charge < -0.3 is 21.1 Å². The number of aromatic nitrogens is 2. The van der Waals surface area contributed by atoms with Crippen LogP contribution in [-0.2, 0) is 11.3 Å². The SMILES string of the molecule is C[C@@H](Oc1nc(-c2ccccc2)ccc1NCC(N)CS)C(=O)NCc1cccnc1. The van der Waals surface area contributed by atoms with Crippen molar-refractivity contribution in [3.05, 3.63) is 72.6 Å². The molecule has 0 saturated heterocycles. The molecule has 3 rings (SSSR count). The molecule has 7 nitrogen and oxygen atoms in total. The average molecular weight is 438 g/mol. The smallest absolute Gasteiger partial charge is 0.261 e. The second kappa shape index (κ2) is 11.3. The van der Waals surface area contributed by atoms with Crippen LogP contribution in [0.2, 0.25) is 0 Å². The van der Waals surface area contributed by atoms with E-state index in [2.05, 4.69) is 33.2 Å². The number of ether oxygens (including phenoxy) is 1. The molecule has 0 aliphatic heterocycles. The van der Waals surface area contributed by atoms with Crippen LogP contribution in [0.25, 0.3) is 11.3 Å². The zero-order valence-corrected chi connectivity index (χ0v) is 18.3. The normalized spacial score (nSPS) is 12.6. The van der Waals surface area contributed by atoms with Gasteiger partial charge in [0.1, 0.15) is 0 Å². The highest BCUT2D eigenvalue weighted by Crippen LogP contribution is 2.28. The van der Waals surface area contributed by atoms with E-state index in [1.165, 1.54) is 0 Å². The fraction of sp³-hybridized carbons (Fsp3) is 0.261. The van der Waals surface area contributed by atoms with E-state index in [1.807, 2.05) is 54.6 Å². The van der Waals surface area contributed by atoms with Crippen molar-refractivity contribution in [1.82, 2.24) is 15.3 Å². The number of nitrogens with two attached hydrogens (primary N) is 1. The Morgan fingerprint density at radius 1 is 1.16 bits per heavy atom. The van der Waals surface area contributed by atoms with Gasteiger partial charge in [0.2, 0.25) is 5.88 Å². The molecule has 8 heteroatoms. The van der Waals surface area contributed by atoms with Crippen LogP contribution in [0.3, 0.4) is 0 Å². The number of hydrogen-bond acceptors (Lipinski definition) is 7. The Bertz CT molecular complexity index is 972. The monoisotopic (exact) mass is 437 g/mol. The van der Waals surface area contributed by atoms with Gasteiger partial charge in [-0.1, -0.05) is 36.4 Å². The molecule has 162 valence electrons. The Morgan fingerprint density at radius 2 is 1.97 bits per heavy atom. The maximum absolute atomic E-state index is 12.6. The lowest BCUT2D eigenvalue weighted by atomic mass is 10.1. The Balaban J connectivity index is 1.74. The molecule has 2 aromatic heterocycles. The molecule has 0 spiro atoms. The van der Waals surface area contributed by atoms with Crippen molar-refractivity contribution in [3.8, 4) is 17.1 Å². The fourth-order valence-corrected chi connectivity index (χ4v) is 2.93. The Hall–Kier alpha value is -3.10. The van der Waals surface area contributed by atoms with E-state index >= 15 is 0 Å². The van der Waals surface area contributed by atoms with Gasteiger partial charge in [-0.3, -0.25) is 9.78 Å². The van der Waals surface area contributed by atoms with Gasteiger partial charge in [-0.2, -0.15) is 12.6 Å². The van der Waals surface area contributed by atoms with Crippen molar-refractivity contribution in [2.75, 3.05) is 17.6 Å². The summed E-state index contributed by atoms with van der Waals surface area (Å²) < 4.78 is 5.96. The third-order valence-corrected chi connectivity index (χ3v) is 5.04. The van der Waals surface area contributed by atoms with E-state index in [4.69, 9.17) is 10.5 Å². The quantitative estimate of drug-likeness (QED) is 0.364. The van der Waals surface area contributed by atoms with Crippen LogP contribution in [0.15, 0.2) is 67.0 Å². The number of hydrogen-bond donors (Lipinski definition) is 4. The molecule has 1 aromatic carbocycles. The zero-order chi connectivity index (χ0) is 22.1. The molecular formula is C23H27N5O2S. The van der Waals surface area contributed by atoms with E-state index in [0.29, 0.717) is 30.4 Å². The number of thiol groups is 1. The molecule has 0 saturated carbocycles. The molecule has 0 aliphatic rings. The molecular weight excluding hydrogens is 410 g/mol. The van der Waals surface area contributed by atoms with Crippen LogP contribution in [0.4, 0.5) is 5.69 Å². The Morgan fingerprint density at radius 3 is 2.68 bits per heavy atom. The minimum Gasteiger partial charge on any atom is -0.463 e. The minimum atomic E-state index is -0.741. The zero-order valence-electron chi connectivity index (χ0n) is 17.4. The number of carbonyl (C=O) groups is 1. The van der Waals surface area contributed by atoms with Crippen molar-refractivity contribution in [1.29, 1.82) is 0 Å². The summed E-state index contributed by atoms with van der Waals surface area (Å²) in [5, 5.41) is 6.11. The molecule has 0 fully saturated rings. The topological polar surface area (TPSA) is 102 Å². The summed E-state index contributed by atoms with van der Waals surface area (Å²) in [5.41, 5.74) is 9.26. The summed E-state index contributed by atoms with van der Waals surface area (Å²) in [6, 6.07) is 17.2. The van der Waals surface area contributed by atoms with Crippen LogP contribution < -0.4 is 21.1 Å². The van der Waals surface area contributed by atoms with E-state index < -0.39 is 6.10 Å². The molecule has 2 atom stereocenters. The average Bonchev–Trinajstić information content (AvgIpc) is 2.82. The van der Waals surface area contributed by atoms with Gasteiger partial charge in [-0.15, -0.1) is 0 Å². The van der Waals surface area contributed by atoms with Gasteiger partial charge in [0.15, 0.2) is 6.10 Å². The second-order valence-electron chi connectivity index (χ2n) is 7.08. The van der Waals surface area contributed by atoms with E-state index in [-0.39, 0.29) is 11.9 Å². The summed E-state index contributed by atoms with van der Waals surface area (Å²) in [6.45, 7) is 2.58. The molecule has 1 unspecified atom stereocenters. The summed E-state index contributed by atoms with van der Waals surface area (Å²) in [6.07, 6.45) is 2.66. The van der Waals surface area contributed by atoms with Gasteiger partial charge >= 0.3 is 0 Å². The summed E-state index contributed by atoms with van der Waals surface area (Å²) in [5.74, 6) is 0.650. The number of anilines is 1. The predicted molar refractivity (Wildman–Crippen MR) is 126 cm³/mol. The number of benzene rings is 1. The summed E-state index contributed by atoms with van der Waals surface area (Å²) >= 11 is 4.22. The van der Waals surface area contributed by atoms with Gasteiger partial charge in [-0.25, -0.2) is 4.98 Å². The third kappa shape index (κ3) is 6.70. The first-order valence-corrected chi connectivity index (χ1v) is 10.7. The number of carbonyl (C=O) groups excluding carboxylic acids is 1. The number of pyridine rings is 2. The van der Waals surface area contributed by atoms with E-state index in [1.54, 1.807) is 19.3 Å². The molecule has 2 heterocycles. The van der Waals surface area contributed by atoms with Crippen molar-refractivity contribution in [3.63, 3.8) is 0 Å². The van der Waals surface area contributed by atoms with Crippen LogP contribution in [0.5, 0.6) is 5.88 Å². The lowest BCUT2D eigenvalue weighted by Gasteiger charge is -2.19. The van der Waals surface area contributed by atoms with Crippen LogP contribution in [0, 0.1) is 0 Å². The van der Waals surface area contributed by atoms with Gasteiger partial charge in [-0.05, 0) is 30.7 Å². The third-order valence-electron chi connectivity index (χ3n) is 4.57. The van der Waals surface area contributed by atoms with E-state index in [0.717, 1.165) is 16.8 Å². The highest BCUT2D eigenvalue weighted by Gasteiger charge is 2.18. The number of rotatable bonds is 10. The lowest BCUT2D eigenvalue weighted by Crippen LogP contribution is -2.36. The number of nitrogens with zero attached hydrogens (tertiary/aromatic N) is 2. The summed E-state index contributed by atoms with van der Waals surface area (Å²) in [4.78, 5) is 21.3. The molecule has 3 aromatic rings. The lowest BCUT2D eigenvalue weighted by molar-refractivity contribution is -0.127. The van der Waals surface area contributed by atoms with Crippen LogP contribution in [0.1, 0.15) is 12.5 Å². The molecule has 0 aliphatic carbocycles. The van der Waals surface area contributed by atoms with Gasteiger partial charge in [0.25, 0.3) is 5.91 Å². The predicted octanol–water partition coefficient (Wildman–Crippen LogP) is 2.90. The molecule has 4 N–H and O–H groups in total. The molecule has 1 amide bonds. The van der Waals surface area contributed by atoms with Gasteiger partial charge in [0, 0.05) is 42.8 Å².